The fourth-order valence-electron chi connectivity index (χ4n) is 2.77. The molecule has 0 fully saturated rings. The van der Waals surface area contributed by atoms with Crippen LogP contribution in [0.1, 0.15) is 20.8 Å². The van der Waals surface area contributed by atoms with Crippen molar-refractivity contribution in [3.63, 3.8) is 0 Å². The highest BCUT2D eigenvalue weighted by molar-refractivity contribution is 7.99. The van der Waals surface area contributed by atoms with Gasteiger partial charge in [0.1, 0.15) is 11.6 Å². The van der Waals surface area contributed by atoms with E-state index in [2.05, 4.69) is 15.5 Å². The second-order valence-corrected chi connectivity index (χ2v) is 7.98. The topological polar surface area (TPSA) is 69.0 Å². The maximum atomic E-state index is 14.6. The number of thioether (sulfide) groups is 1. The second-order valence-electron chi connectivity index (χ2n) is 7.04. The molecule has 0 saturated carbocycles. The Morgan fingerprint density at radius 3 is 2.57 bits per heavy atom. The Morgan fingerprint density at radius 1 is 1.17 bits per heavy atom. The number of amides is 1. The maximum Gasteiger partial charge on any atom is 0.230 e. The van der Waals surface area contributed by atoms with Crippen molar-refractivity contribution in [2.24, 2.45) is 5.92 Å². The highest BCUT2D eigenvalue weighted by Crippen LogP contribution is 2.30. The summed E-state index contributed by atoms with van der Waals surface area (Å²) < 4.78 is 21.8. The molecule has 0 bridgehead atoms. The van der Waals surface area contributed by atoms with Gasteiger partial charge in [-0.2, -0.15) is 0 Å². The first-order chi connectivity index (χ1) is 14.5. The molecule has 1 heterocycles. The number of nitrogens with one attached hydrogen (secondary N) is 1. The number of nitrogens with zero attached hydrogens (tertiary/aromatic N) is 3. The molecule has 8 heteroatoms. The molecule has 0 aliphatic heterocycles. The van der Waals surface area contributed by atoms with Crippen LogP contribution in [0.5, 0.6) is 5.75 Å². The summed E-state index contributed by atoms with van der Waals surface area (Å²) in [6.45, 7) is 7.17. The van der Waals surface area contributed by atoms with E-state index in [1.807, 2.05) is 45.0 Å². The van der Waals surface area contributed by atoms with Gasteiger partial charge in [-0.25, -0.2) is 4.39 Å². The van der Waals surface area contributed by atoms with Gasteiger partial charge in [0, 0.05) is 12.1 Å². The Hall–Kier alpha value is -2.87. The molecule has 2 aromatic carbocycles. The van der Waals surface area contributed by atoms with Crippen LogP contribution in [-0.2, 0) is 4.79 Å². The van der Waals surface area contributed by atoms with Gasteiger partial charge in [-0.3, -0.25) is 9.36 Å². The molecule has 0 aliphatic carbocycles. The van der Waals surface area contributed by atoms with E-state index in [1.54, 1.807) is 22.8 Å². The molecule has 30 heavy (non-hydrogen) atoms. The minimum Gasteiger partial charge on any atom is -0.494 e. The Morgan fingerprint density at radius 2 is 1.90 bits per heavy atom. The average molecular weight is 429 g/mol. The maximum absolute atomic E-state index is 14.6. The highest BCUT2D eigenvalue weighted by atomic mass is 32.2. The number of aromatic nitrogens is 3. The zero-order valence-electron chi connectivity index (χ0n) is 17.3. The molecule has 0 radical (unpaired) electrons. The minimum atomic E-state index is -0.393. The molecule has 1 N–H and O–H groups in total. The lowest BCUT2D eigenvalue weighted by Gasteiger charge is -2.12. The average Bonchev–Trinajstić information content (AvgIpc) is 3.15. The predicted octanol–water partition coefficient (Wildman–Crippen LogP) is 4.34. The summed E-state index contributed by atoms with van der Waals surface area (Å²) in [5.41, 5.74) is 1.10. The minimum absolute atomic E-state index is 0.0978. The van der Waals surface area contributed by atoms with Crippen LogP contribution in [-0.4, -0.2) is 39.6 Å². The first-order valence-corrected chi connectivity index (χ1v) is 10.8. The van der Waals surface area contributed by atoms with E-state index in [4.69, 9.17) is 4.74 Å². The first kappa shape index (κ1) is 21.8. The number of rotatable bonds is 9. The molecule has 0 saturated heterocycles. The molecule has 0 atom stereocenters. The van der Waals surface area contributed by atoms with Crippen LogP contribution in [0.2, 0.25) is 0 Å². The normalized spacial score (nSPS) is 11.0. The van der Waals surface area contributed by atoms with Gasteiger partial charge in [-0.1, -0.05) is 37.7 Å². The van der Waals surface area contributed by atoms with Crippen molar-refractivity contribution in [2.75, 3.05) is 18.9 Å². The zero-order chi connectivity index (χ0) is 21.5. The van der Waals surface area contributed by atoms with Gasteiger partial charge in [0.15, 0.2) is 11.0 Å². The predicted molar refractivity (Wildman–Crippen MR) is 116 cm³/mol. The summed E-state index contributed by atoms with van der Waals surface area (Å²) in [4.78, 5) is 12.1. The third-order valence-electron chi connectivity index (χ3n) is 4.19. The molecule has 158 valence electrons. The standard InChI is InChI=1S/C22H25FN4O2S/c1-4-29-17-11-9-16(10-12-17)21-25-26-22(30-14-20(28)24-13-15(2)3)27(21)19-8-6-5-7-18(19)23/h5-12,15H,4,13-14H2,1-3H3,(H,24,28). The molecule has 0 unspecified atom stereocenters. The number of hydrogen-bond donors (Lipinski definition) is 1. The summed E-state index contributed by atoms with van der Waals surface area (Å²) in [6.07, 6.45) is 0. The summed E-state index contributed by atoms with van der Waals surface area (Å²) in [5.74, 6) is 1.29. The van der Waals surface area contributed by atoms with Crippen molar-refractivity contribution in [1.29, 1.82) is 0 Å². The van der Waals surface area contributed by atoms with Crippen molar-refractivity contribution in [3.8, 4) is 22.8 Å². The van der Waals surface area contributed by atoms with Gasteiger partial charge in [0.25, 0.3) is 0 Å². The Balaban J connectivity index is 1.92. The molecule has 1 aromatic heterocycles. The zero-order valence-corrected chi connectivity index (χ0v) is 18.1. The Bertz CT molecular complexity index is 989. The number of para-hydroxylation sites is 1. The number of carbonyl (C=O) groups excluding carboxylic acids is 1. The van der Waals surface area contributed by atoms with Crippen molar-refractivity contribution in [3.05, 3.63) is 54.3 Å². The van der Waals surface area contributed by atoms with Crippen LogP contribution in [0.15, 0.2) is 53.7 Å². The smallest absolute Gasteiger partial charge is 0.230 e. The van der Waals surface area contributed by atoms with Gasteiger partial charge in [-0.05, 0) is 49.2 Å². The number of halogens is 1. The number of benzene rings is 2. The van der Waals surface area contributed by atoms with Crippen LogP contribution in [0, 0.1) is 11.7 Å². The van der Waals surface area contributed by atoms with Crippen molar-refractivity contribution >= 4 is 17.7 Å². The van der Waals surface area contributed by atoms with E-state index in [1.165, 1.54) is 17.8 Å². The van der Waals surface area contributed by atoms with E-state index in [0.717, 1.165) is 11.3 Å². The summed E-state index contributed by atoms with van der Waals surface area (Å²) in [7, 11) is 0. The molecule has 3 aromatic rings. The Kier molecular flexibility index (Phi) is 7.46. The van der Waals surface area contributed by atoms with Crippen LogP contribution in [0.3, 0.4) is 0 Å². The van der Waals surface area contributed by atoms with Crippen molar-refractivity contribution in [2.45, 2.75) is 25.9 Å². The van der Waals surface area contributed by atoms with Gasteiger partial charge in [0.2, 0.25) is 5.91 Å². The molecular weight excluding hydrogens is 403 g/mol. The van der Waals surface area contributed by atoms with E-state index >= 15 is 0 Å². The highest BCUT2D eigenvalue weighted by Gasteiger charge is 2.19. The number of ether oxygens (including phenoxy) is 1. The first-order valence-electron chi connectivity index (χ1n) is 9.82. The van der Waals surface area contributed by atoms with Gasteiger partial charge in [0.05, 0.1) is 18.0 Å². The second kappa shape index (κ2) is 10.2. The largest absolute Gasteiger partial charge is 0.494 e. The summed E-state index contributed by atoms with van der Waals surface area (Å²) >= 11 is 1.22. The van der Waals surface area contributed by atoms with Crippen LogP contribution >= 0.6 is 11.8 Å². The molecule has 0 aliphatic rings. The summed E-state index contributed by atoms with van der Waals surface area (Å²) in [6, 6.07) is 13.8. The fraction of sp³-hybridized carbons (Fsp3) is 0.318. The van der Waals surface area contributed by atoms with Crippen LogP contribution in [0.4, 0.5) is 4.39 Å². The monoisotopic (exact) mass is 428 g/mol. The summed E-state index contributed by atoms with van der Waals surface area (Å²) in [5, 5.41) is 11.8. The van der Waals surface area contributed by atoms with Crippen LogP contribution < -0.4 is 10.1 Å². The quantitative estimate of drug-likeness (QED) is 0.514. The number of hydrogen-bond acceptors (Lipinski definition) is 5. The third-order valence-corrected chi connectivity index (χ3v) is 5.12. The van der Waals surface area contributed by atoms with Gasteiger partial charge >= 0.3 is 0 Å². The van der Waals surface area contributed by atoms with E-state index in [9.17, 15) is 9.18 Å². The Labute approximate surface area is 179 Å². The van der Waals surface area contributed by atoms with Crippen molar-refractivity contribution in [1.82, 2.24) is 20.1 Å². The van der Waals surface area contributed by atoms with E-state index < -0.39 is 5.82 Å². The molecule has 0 spiro atoms. The van der Waals surface area contributed by atoms with E-state index in [0.29, 0.717) is 35.7 Å². The lowest BCUT2D eigenvalue weighted by Crippen LogP contribution is -2.28. The lowest BCUT2D eigenvalue weighted by molar-refractivity contribution is -0.118. The lowest BCUT2D eigenvalue weighted by atomic mass is 10.2. The van der Waals surface area contributed by atoms with Crippen molar-refractivity contribution < 1.29 is 13.9 Å². The third kappa shape index (κ3) is 5.38. The van der Waals surface area contributed by atoms with Gasteiger partial charge in [-0.15, -0.1) is 10.2 Å². The molecule has 1 amide bonds. The van der Waals surface area contributed by atoms with Gasteiger partial charge < -0.3 is 10.1 Å². The molecular formula is C22H25FN4O2S. The fourth-order valence-corrected chi connectivity index (χ4v) is 3.54. The SMILES string of the molecule is CCOc1ccc(-c2nnc(SCC(=O)NCC(C)C)n2-c2ccccc2F)cc1. The number of carbonyl (C=O) groups is 1. The van der Waals surface area contributed by atoms with E-state index in [-0.39, 0.29) is 11.7 Å². The van der Waals surface area contributed by atoms with Crippen LogP contribution in [0.25, 0.3) is 17.1 Å². The molecule has 3 rings (SSSR count). The molecule has 6 nitrogen and oxygen atoms in total.